The topological polar surface area (TPSA) is 62.5 Å². The maximum absolute atomic E-state index is 9.96. The Kier molecular flexibility index (Phi) is 5.25. The summed E-state index contributed by atoms with van der Waals surface area (Å²) >= 11 is 5.86. The molecule has 0 amide bonds. The van der Waals surface area contributed by atoms with E-state index < -0.39 is 6.10 Å². The maximum Gasteiger partial charge on any atom is 0.215 e. The van der Waals surface area contributed by atoms with Crippen molar-refractivity contribution >= 4 is 17.5 Å². The van der Waals surface area contributed by atoms with Crippen LogP contribution in [0.4, 0.5) is 0 Å². The molecule has 0 aliphatic heterocycles. The molecule has 0 heterocycles. The molecule has 1 unspecified atom stereocenters. The summed E-state index contributed by atoms with van der Waals surface area (Å²) in [5.74, 6) is 0.296. The van der Waals surface area contributed by atoms with Gasteiger partial charge >= 0.3 is 0 Å². The zero-order chi connectivity index (χ0) is 12.8. The van der Waals surface area contributed by atoms with Crippen molar-refractivity contribution in [1.82, 2.24) is 0 Å². The van der Waals surface area contributed by atoms with E-state index >= 15 is 0 Å². The average Bonchev–Trinajstić information content (AvgIpc) is 2.31. The number of benzene rings is 1. The van der Waals surface area contributed by atoms with Crippen LogP contribution in [0.1, 0.15) is 25.5 Å². The maximum atomic E-state index is 9.96. The van der Waals surface area contributed by atoms with E-state index in [1.54, 1.807) is 25.1 Å². The van der Waals surface area contributed by atoms with E-state index in [1.807, 2.05) is 6.92 Å². The van der Waals surface area contributed by atoms with Crippen molar-refractivity contribution in [2.45, 2.75) is 20.0 Å². The fourth-order valence-electron chi connectivity index (χ4n) is 1.40. The molecule has 0 aliphatic carbocycles. The lowest BCUT2D eigenvalue weighted by Crippen LogP contribution is -2.15. The summed E-state index contributed by atoms with van der Waals surface area (Å²) < 4.78 is 10.3. The molecule has 5 heteroatoms. The number of hydrogen-bond donors (Lipinski definition) is 2. The third-order valence-corrected chi connectivity index (χ3v) is 2.35. The Labute approximate surface area is 106 Å². The van der Waals surface area contributed by atoms with Gasteiger partial charge < -0.3 is 14.6 Å². The van der Waals surface area contributed by atoms with Crippen molar-refractivity contribution in [3.05, 3.63) is 28.8 Å². The van der Waals surface area contributed by atoms with Crippen LogP contribution >= 0.6 is 11.6 Å². The van der Waals surface area contributed by atoms with Crippen LogP contribution in [0.3, 0.4) is 0 Å². The van der Waals surface area contributed by atoms with Gasteiger partial charge in [-0.3, -0.25) is 5.41 Å². The second-order valence-electron chi connectivity index (χ2n) is 3.31. The fourth-order valence-corrected chi connectivity index (χ4v) is 1.58. The molecule has 17 heavy (non-hydrogen) atoms. The number of aliphatic hydroxyl groups is 1. The number of halogens is 1. The summed E-state index contributed by atoms with van der Waals surface area (Å²) in [5.41, 5.74) is 0.442. The first-order valence-electron chi connectivity index (χ1n) is 5.41. The van der Waals surface area contributed by atoms with Crippen molar-refractivity contribution in [2.24, 2.45) is 0 Å². The van der Waals surface area contributed by atoms with Gasteiger partial charge in [0.15, 0.2) is 6.10 Å². The Bertz CT molecular complexity index is 395. The molecule has 0 fully saturated rings. The van der Waals surface area contributed by atoms with Crippen molar-refractivity contribution in [1.29, 1.82) is 5.41 Å². The Balaban J connectivity index is 3.01. The lowest BCUT2D eigenvalue weighted by atomic mass is 10.1. The summed E-state index contributed by atoms with van der Waals surface area (Å²) in [6.45, 7) is 4.41. The van der Waals surface area contributed by atoms with E-state index in [-0.39, 0.29) is 5.90 Å². The number of nitrogens with one attached hydrogen (secondary N) is 1. The van der Waals surface area contributed by atoms with Crippen LogP contribution in [-0.2, 0) is 4.74 Å². The molecule has 0 radical (unpaired) electrons. The highest BCUT2D eigenvalue weighted by Gasteiger charge is 2.19. The molecule has 94 valence electrons. The molecule has 1 atom stereocenters. The van der Waals surface area contributed by atoms with Gasteiger partial charge in [0.2, 0.25) is 5.90 Å². The molecule has 0 aliphatic rings. The van der Waals surface area contributed by atoms with Crippen LogP contribution in [0.2, 0.25) is 5.02 Å². The van der Waals surface area contributed by atoms with Gasteiger partial charge in [0, 0.05) is 10.6 Å². The van der Waals surface area contributed by atoms with Gasteiger partial charge in [-0.2, -0.15) is 0 Å². The first-order chi connectivity index (χ1) is 8.10. The van der Waals surface area contributed by atoms with Crippen LogP contribution in [0.5, 0.6) is 5.75 Å². The van der Waals surface area contributed by atoms with Crippen molar-refractivity contribution in [2.75, 3.05) is 13.2 Å². The average molecular weight is 258 g/mol. The summed E-state index contributed by atoms with van der Waals surface area (Å²) in [7, 11) is 0. The molecular formula is C12H16ClNO3. The van der Waals surface area contributed by atoms with Gasteiger partial charge in [-0.05, 0) is 32.0 Å². The lowest BCUT2D eigenvalue weighted by molar-refractivity contribution is 0.185. The molecule has 2 N–H and O–H groups in total. The van der Waals surface area contributed by atoms with Crippen LogP contribution in [0.25, 0.3) is 0 Å². The minimum Gasteiger partial charge on any atom is -0.493 e. The fraction of sp³-hybridized carbons (Fsp3) is 0.417. The van der Waals surface area contributed by atoms with Crippen LogP contribution < -0.4 is 4.74 Å². The second-order valence-corrected chi connectivity index (χ2v) is 3.75. The first-order valence-corrected chi connectivity index (χ1v) is 5.79. The predicted octanol–water partition coefficient (Wildman–Crippen LogP) is 2.79. The van der Waals surface area contributed by atoms with E-state index in [0.29, 0.717) is 29.5 Å². The van der Waals surface area contributed by atoms with Crippen molar-refractivity contribution in [3.63, 3.8) is 0 Å². The molecule has 0 aromatic heterocycles. The van der Waals surface area contributed by atoms with Crippen molar-refractivity contribution < 1.29 is 14.6 Å². The smallest absolute Gasteiger partial charge is 0.215 e. The quantitative estimate of drug-likeness (QED) is 0.630. The predicted molar refractivity (Wildman–Crippen MR) is 66.9 cm³/mol. The SMILES string of the molecule is CCOC(=N)C(O)c1cc(Cl)ccc1OCC. The molecule has 0 spiro atoms. The third kappa shape index (κ3) is 3.61. The molecule has 0 saturated carbocycles. The molecule has 1 rings (SSSR count). The monoisotopic (exact) mass is 257 g/mol. The Morgan fingerprint density at radius 3 is 2.71 bits per heavy atom. The summed E-state index contributed by atoms with van der Waals surface area (Å²) in [5, 5.41) is 18.0. The Hall–Kier alpha value is -1.26. The molecule has 1 aromatic rings. The van der Waals surface area contributed by atoms with Crippen LogP contribution in [-0.4, -0.2) is 24.2 Å². The van der Waals surface area contributed by atoms with E-state index in [9.17, 15) is 5.11 Å². The van der Waals surface area contributed by atoms with E-state index in [2.05, 4.69) is 0 Å². The van der Waals surface area contributed by atoms with Gasteiger partial charge in [0.25, 0.3) is 0 Å². The van der Waals surface area contributed by atoms with Crippen LogP contribution in [0.15, 0.2) is 18.2 Å². The lowest BCUT2D eigenvalue weighted by Gasteiger charge is -2.16. The van der Waals surface area contributed by atoms with Gasteiger partial charge in [0.1, 0.15) is 5.75 Å². The van der Waals surface area contributed by atoms with E-state index in [4.69, 9.17) is 26.5 Å². The van der Waals surface area contributed by atoms with E-state index in [1.165, 1.54) is 0 Å². The minimum absolute atomic E-state index is 0.212. The zero-order valence-electron chi connectivity index (χ0n) is 9.87. The molecule has 0 bridgehead atoms. The number of aliphatic hydroxyl groups excluding tert-OH is 1. The number of ether oxygens (including phenoxy) is 2. The standard InChI is InChI=1S/C12H16ClNO3/c1-3-16-10-6-5-8(13)7-9(10)11(15)12(14)17-4-2/h5-7,11,14-15H,3-4H2,1-2H3. The molecule has 0 saturated heterocycles. The van der Waals surface area contributed by atoms with Gasteiger partial charge in [-0.15, -0.1) is 0 Å². The normalized spacial score (nSPS) is 12.0. The highest BCUT2D eigenvalue weighted by atomic mass is 35.5. The first kappa shape index (κ1) is 13.8. The molecule has 4 nitrogen and oxygen atoms in total. The van der Waals surface area contributed by atoms with Gasteiger partial charge in [-0.25, -0.2) is 0 Å². The minimum atomic E-state index is -1.16. The van der Waals surface area contributed by atoms with E-state index in [0.717, 1.165) is 0 Å². The molecular weight excluding hydrogens is 242 g/mol. The van der Waals surface area contributed by atoms with Gasteiger partial charge in [-0.1, -0.05) is 11.6 Å². The highest BCUT2D eigenvalue weighted by Crippen LogP contribution is 2.29. The number of rotatable bonds is 5. The highest BCUT2D eigenvalue weighted by molar-refractivity contribution is 6.30. The number of hydrogen-bond acceptors (Lipinski definition) is 4. The third-order valence-electron chi connectivity index (χ3n) is 2.11. The van der Waals surface area contributed by atoms with Crippen molar-refractivity contribution in [3.8, 4) is 5.75 Å². The second kappa shape index (κ2) is 6.47. The Morgan fingerprint density at radius 2 is 2.12 bits per heavy atom. The zero-order valence-corrected chi connectivity index (χ0v) is 10.6. The van der Waals surface area contributed by atoms with Gasteiger partial charge in [0.05, 0.1) is 13.2 Å². The van der Waals surface area contributed by atoms with Crippen LogP contribution in [0, 0.1) is 5.41 Å². The summed E-state index contributed by atoms with van der Waals surface area (Å²) in [4.78, 5) is 0. The summed E-state index contributed by atoms with van der Waals surface area (Å²) in [6, 6.07) is 4.92. The largest absolute Gasteiger partial charge is 0.493 e. The summed E-state index contributed by atoms with van der Waals surface area (Å²) in [6.07, 6.45) is -1.16. The Morgan fingerprint density at radius 1 is 1.41 bits per heavy atom. The molecule has 1 aromatic carbocycles.